The Balaban J connectivity index is 1.89. The zero-order valence-electron chi connectivity index (χ0n) is 9.92. The van der Waals surface area contributed by atoms with Crippen molar-refractivity contribution in [2.24, 2.45) is 5.73 Å². The van der Waals surface area contributed by atoms with Crippen LogP contribution in [-0.2, 0) is 0 Å². The molecule has 0 fully saturated rings. The standard InChI is InChI=1S/C14H11FN2OS/c15-10-5-3-9(4-6-10)11-8-19-14(17-11)13(16)12-2-1-7-18-12/h1-8,13H,16H2. The second-order valence-corrected chi connectivity index (χ2v) is 4.96. The van der Waals surface area contributed by atoms with E-state index in [-0.39, 0.29) is 11.9 Å². The topological polar surface area (TPSA) is 52.0 Å². The van der Waals surface area contributed by atoms with Crippen LogP contribution in [0.1, 0.15) is 16.8 Å². The van der Waals surface area contributed by atoms with E-state index < -0.39 is 0 Å². The minimum atomic E-state index is -0.366. The summed E-state index contributed by atoms with van der Waals surface area (Å²) in [5.74, 6) is 0.423. The molecule has 0 saturated heterocycles. The van der Waals surface area contributed by atoms with Crippen LogP contribution in [0.4, 0.5) is 4.39 Å². The fraction of sp³-hybridized carbons (Fsp3) is 0.0714. The Hall–Kier alpha value is -1.98. The third kappa shape index (κ3) is 2.43. The van der Waals surface area contributed by atoms with Crippen molar-refractivity contribution in [1.29, 1.82) is 0 Å². The van der Waals surface area contributed by atoms with Gasteiger partial charge in [0.1, 0.15) is 22.6 Å². The second kappa shape index (κ2) is 4.95. The zero-order valence-corrected chi connectivity index (χ0v) is 10.7. The molecule has 5 heteroatoms. The molecule has 0 saturated carbocycles. The van der Waals surface area contributed by atoms with Crippen molar-refractivity contribution in [3.63, 3.8) is 0 Å². The highest BCUT2D eigenvalue weighted by Gasteiger charge is 2.16. The number of nitrogens with two attached hydrogens (primary N) is 1. The van der Waals surface area contributed by atoms with E-state index in [1.807, 2.05) is 11.4 Å². The third-order valence-electron chi connectivity index (χ3n) is 2.78. The summed E-state index contributed by atoms with van der Waals surface area (Å²) in [5, 5.41) is 2.68. The largest absolute Gasteiger partial charge is 0.467 e. The number of furan rings is 1. The van der Waals surface area contributed by atoms with Gasteiger partial charge >= 0.3 is 0 Å². The van der Waals surface area contributed by atoms with Crippen molar-refractivity contribution in [2.45, 2.75) is 6.04 Å². The Bertz CT molecular complexity index is 661. The van der Waals surface area contributed by atoms with E-state index >= 15 is 0 Å². The minimum Gasteiger partial charge on any atom is -0.467 e. The number of halogens is 1. The predicted octanol–water partition coefficient (Wildman–Crippen LogP) is 3.59. The normalized spacial score (nSPS) is 12.5. The molecule has 0 spiro atoms. The van der Waals surface area contributed by atoms with Gasteiger partial charge in [-0.25, -0.2) is 9.37 Å². The summed E-state index contributed by atoms with van der Waals surface area (Å²) in [5.41, 5.74) is 7.73. The first-order valence-electron chi connectivity index (χ1n) is 5.74. The van der Waals surface area contributed by atoms with Gasteiger partial charge in [-0.15, -0.1) is 11.3 Å². The van der Waals surface area contributed by atoms with Gasteiger partial charge in [0.15, 0.2) is 0 Å². The van der Waals surface area contributed by atoms with Gasteiger partial charge in [-0.1, -0.05) is 0 Å². The summed E-state index contributed by atoms with van der Waals surface area (Å²) in [6.07, 6.45) is 1.59. The Labute approximate surface area is 113 Å². The highest BCUT2D eigenvalue weighted by Crippen LogP contribution is 2.28. The van der Waals surface area contributed by atoms with Crippen molar-refractivity contribution in [3.05, 3.63) is 64.6 Å². The molecule has 2 aromatic heterocycles. The molecule has 3 nitrogen and oxygen atoms in total. The van der Waals surface area contributed by atoms with E-state index in [2.05, 4.69) is 4.98 Å². The van der Waals surface area contributed by atoms with Gasteiger partial charge in [0.05, 0.1) is 12.0 Å². The number of aromatic nitrogens is 1. The monoisotopic (exact) mass is 274 g/mol. The molecule has 96 valence electrons. The molecule has 3 aromatic rings. The number of rotatable bonds is 3. The maximum absolute atomic E-state index is 12.9. The summed E-state index contributed by atoms with van der Waals surface area (Å²) in [6, 6.07) is 9.49. The van der Waals surface area contributed by atoms with E-state index in [1.54, 1.807) is 24.5 Å². The van der Waals surface area contributed by atoms with Crippen molar-refractivity contribution < 1.29 is 8.81 Å². The molecule has 0 amide bonds. The second-order valence-electron chi connectivity index (χ2n) is 4.07. The van der Waals surface area contributed by atoms with Crippen LogP contribution < -0.4 is 5.73 Å². The van der Waals surface area contributed by atoms with E-state index in [0.717, 1.165) is 16.3 Å². The van der Waals surface area contributed by atoms with E-state index in [9.17, 15) is 4.39 Å². The maximum Gasteiger partial charge on any atom is 0.127 e. The van der Waals surface area contributed by atoms with Gasteiger partial charge in [-0.05, 0) is 36.4 Å². The highest BCUT2D eigenvalue weighted by molar-refractivity contribution is 7.10. The number of hydrogen-bond acceptors (Lipinski definition) is 4. The molecule has 1 unspecified atom stereocenters. The van der Waals surface area contributed by atoms with Crippen LogP contribution in [0.25, 0.3) is 11.3 Å². The molecule has 1 atom stereocenters. The molecule has 0 aliphatic carbocycles. The lowest BCUT2D eigenvalue weighted by Crippen LogP contribution is -2.10. The predicted molar refractivity (Wildman–Crippen MR) is 72.2 cm³/mol. The molecule has 2 N–H and O–H groups in total. The molecule has 0 aliphatic rings. The lowest BCUT2D eigenvalue weighted by Gasteiger charge is -2.03. The van der Waals surface area contributed by atoms with E-state index in [1.165, 1.54) is 23.5 Å². The molecule has 3 rings (SSSR count). The van der Waals surface area contributed by atoms with Gasteiger partial charge in [-0.2, -0.15) is 0 Å². The minimum absolute atomic E-state index is 0.258. The van der Waals surface area contributed by atoms with Crippen molar-refractivity contribution in [2.75, 3.05) is 0 Å². The average Bonchev–Trinajstić information content (AvgIpc) is 3.10. The number of benzene rings is 1. The smallest absolute Gasteiger partial charge is 0.127 e. The van der Waals surface area contributed by atoms with Gasteiger partial charge in [0.25, 0.3) is 0 Å². The zero-order chi connectivity index (χ0) is 13.2. The first-order chi connectivity index (χ1) is 9.24. The van der Waals surface area contributed by atoms with Gasteiger partial charge in [-0.3, -0.25) is 0 Å². The Morgan fingerprint density at radius 1 is 1.21 bits per heavy atom. The molecule has 0 radical (unpaired) electrons. The van der Waals surface area contributed by atoms with Crippen LogP contribution >= 0.6 is 11.3 Å². The molecule has 19 heavy (non-hydrogen) atoms. The van der Waals surface area contributed by atoms with Crippen molar-refractivity contribution in [3.8, 4) is 11.3 Å². The molecular formula is C14H11FN2OS. The average molecular weight is 274 g/mol. The van der Waals surface area contributed by atoms with E-state index in [4.69, 9.17) is 10.2 Å². The SMILES string of the molecule is NC(c1ccco1)c1nc(-c2ccc(F)cc2)cs1. The Kier molecular flexibility index (Phi) is 3.15. The van der Waals surface area contributed by atoms with Crippen molar-refractivity contribution in [1.82, 2.24) is 4.98 Å². The lowest BCUT2D eigenvalue weighted by atomic mass is 10.2. The first-order valence-corrected chi connectivity index (χ1v) is 6.62. The summed E-state index contributed by atoms with van der Waals surface area (Å²) in [7, 11) is 0. The van der Waals surface area contributed by atoms with Gasteiger partial charge in [0, 0.05) is 10.9 Å². The fourth-order valence-corrected chi connectivity index (χ4v) is 2.61. The van der Waals surface area contributed by atoms with E-state index in [0.29, 0.717) is 5.76 Å². The van der Waals surface area contributed by atoms with Crippen molar-refractivity contribution >= 4 is 11.3 Å². The van der Waals surface area contributed by atoms with Crippen LogP contribution in [0, 0.1) is 5.82 Å². The summed E-state index contributed by atoms with van der Waals surface area (Å²) >= 11 is 1.47. The number of thiazole rings is 1. The molecule has 0 bridgehead atoms. The van der Waals surface area contributed by atoms with Crippen LogP contribution in [0.2, 0.25) is 0 Å². The quantitative estimate of drug-likeness (QED) is 0.794. The van der Waals surface area contributed by atoms with Crippen LogP contribution in [0.3, 0.4) is 0 Å². The van der Waals surface area contributed by atoms with Crippen LogP contribution in [0.5, 0.6) is 0 Å². The van der Waals surface area contributed by atoms with Crippen LogP contribution in [0.15, 0.2) is 52.5 Å². The summed E-state index contributed by atoms with van der Waals surface area (Å²) in [6.45, 7) is 0. The molecular weight excluding hydrogens is 263 g/mol. The molecule has 2 heterocycles. The third-order valence-corrected chi connectivity index (χ3v) is 3.71. The van der Waals surface area contributed by atoms with Gasteiger partial charge < -0.3 is 10.2 Å². The summed E-state index contributed by atoms with van der Waals surface area (Å²) < 4.78 is 18.1. The number of nitrogens with zero attached hydrogens (tertiary/aromatic N) is 1. The highest BCUT2D eigenvalue weighted by atomic mass is 32.1. The summed E-state index contributed by atoms with van der Waals surface area (Å²) in [4.78, 5) is 4.48. The molecule has 1 aromatic carbocycles. The maximum atomic E-state index is 12.9. The first kappa shape index (κ1) is 12.1. The number of hydrogen-bond donors (Lipinski definition) is 1. The Morgan fingerprint density at radius 3 is 2.68 bits per heavy atom. The Morgan fingerprint density at radius 2 is 2.00 bits per heavy atom. The van der Waals surface area contributed by atoms with Crippen LogP contribution in [-0.4, -0.2) is 4.98 Å². The lowest BCUT2D eigenvalue weighted by molar-refractivity contribution is 0.489. The van der Waals surface area contributed by atoms with Gasteiger partial charge in [0.2, 0.25) is 0 Å². The fourth-order valence-electron chi connectivity index (χ4n) is 1.77. The molecule has 0 aliphatic heterocycles.